The van der Waals surface area contributed by atoms with Crippen LogP contribution in [0.15, 0.2) is 53.4 Å². The van der Waals surface area contributed by atoms with E-state index < -0.39 is 11.6 Å². The van der Waals surface area contributed by atoms with Crippen LogP contribution in [0, 0.1) is 5.82 Å². The molecule has 3 amide bonds. The van der Waals surface area contributed by atoms with Gasteiger partial charge in [-0.15, -0.1) is 11.8 Å². The van der Waals surface area contributed by atoms with Crippen LogP contribution in [0.2, 0.25) is 0 Å². The van der Waals surface area contributed by atoms with Crippen LogP contribution in [-0.2, 0) is 10.3 Å². The Morgan fingerprint density at radius 3 is 2.77 bits per heavy atom. The molecular formula is C19H17FN2O3S. The van der Waals surface area contributed by atoms with E-state index in [0.29, 0.717) is 35.0 Å². The first-order valence-electron chi connectivity index (χ1n) is 8.35. The Balaban J connectivity index is 1.51. The summed E-state index contributed by atoms with van der Waals surface area (Å²) in [5.41, 5.74) is -0.372. The van der Waals surface area contributed by atoms with Crippen molar-refractivity contribution in [2.45, 2.75) is 16.9 Å². The lowest BCUT2D eigenvalue weighted by Crippen LogP contribution is -2.47. The van der Waals surface area contributed by atoms with Crippen molar-refractivity contribution >= 4 is 23.7 Å². The van der Waals surface area contributed by atoms with E-state index in [1.54, 1.807) is 24.3 Å². The molecule has 0 aromatic heterocycles. The zero-order valence-electron chi connectivity index (χ0n) is 13.9. The number of urea groups is 1. The molecule has 1 atom stereocenters. The third kappa shape index (κ3) is 2.72. The SMILES string of the molecule is O=C1N[C@@]2(CCOc3ccccc32)C(=O)N1CCSc1ccccc1F. The topological polar surface area (TPSA) is 58.6 Å². The molecule has 1 saturated heterocycles. The van der Waals surface area contributed by atoms with Gasteiger partial charge in [0.1, 0.15) is 11.6 Å². The van der Waals surface area contributed by atoms with Gasteiger partial charge in [0, 0.05) is 29.2 Å². The number of fused-ring (bicyclic) bond motifs is 2. The maximum absolute atomic E-state index is 13.7. The molecule has 0 saturated carbocycles. The number of hydrogen-bond donors (Lipinski definition) is 1. The Bertz CT molecular complexity index is 875. The number of amides is 3. The molecule has 0 aliphatic carbocycles. The highest BCUT2D eigenvalue weighted by Crippen LogP contribution is 2.41. The molecule has 134 valence electrons. The maximum atomic E-state index is 13.7. The lowest BCUT2D eigenvalue weighted by Gasteiger charge is -2.33. The van der Waals surface area contributed by atoms with Gasteiger partial charge < -0.3 is 10.1 Å². The van der Waals surface area contributed by atoms with Crippen LogP contribution >= 0.6 is 11.8 Å². The minimum atomic E-state index is -1.06. The van der Waals surface area contributed by atoms with Crippen molar-refractivity contribution in [2.75, 3.05) is 18.9 Å². The lowest BCUT2D eigenvalue weighted by molar-refractivity contribution is -0.132. The molecule has 5 nitrogen and oxygen atoms in total. The molecule has 1 N–H and O–H groups in total. The standard InChI is InChI=1S/C19H17FN2O3S/c20-14-6-2-4-8-16(14)26-12-10-22-17(23)19(21-18(22)24)9-11-25-15-7-3-1-5-13(15)19/h1-8H,9-12H2,(H,21,24)/t19-/m1/s1. The Morgan fingerprint density at radius 2 is 1.92 bits per heavy atom. The van der Waals surface area contributed by atoms with E-state index in [9.17, 15) is 14.0 Å². The van der Waals surface area contributed by atoms with Crippen molar-refractivity contribution in [1.29, 1.82) is 0 Å². The molecule has 0 radical (unpaired) electrons. The van der Waals surface area contributed by atoms with Crippen LogP contribution < -0.4 is 10.1 Å². The number of carbonyl (C=O) groups excluding carboxylic acids is 2. The molecule has 2 aliphatic rings. The maximum Gasteiger partial charge on any atom is 0.325 e. The van der Waals surface area contributed by atoms with Gasteiger partial charge in [-0.05, 0) is 18.2 Å². The zero-order valence-corrected chi connectivity index (χ0v) is 14.7. The van der Waals surface area contributed by atoms with Crippen LogP contribution in [0.1, 0.15) is 12.0 Å². The average Bonchev–Trinajstić information content (AvgIpc) is 2.88. The van der Waals surface area contributed by atoms with E-state index >= 15 is 0 Å². The molecule has 0 bridgehead atoms. The van der Waals surface area contributed by atoms with Crippen LogP contribution in [0.5, 0.6) is 5.75 Å². The van der Waals surface area contributed by atoms with Crippen molar-refractivity contribution in [2.24, 2.45) is 0 Å². The predicted molar refractivity (Wildman–Crippen MR) is 95.6 cm³/mol. The highest BCUT2D eigenvalue weighted by molar-refractivity contribution is 7.99. The summed E-state index contributed by atoms with van der Waals surface area (Å²) in [5.74, 6) is 0.473. The number of carbonyl (C=O) groups is 2. The van der Waals surface area contributed by atoms with Gasteiger partial charge in [0.15, 0.2) is 5.54 Å². The summed E-state index contributed by atoms with van der Waals surface area (Å²) in [7, 11) is 0. The van der Waals surface area contributed by atoms with Crippen molar-refractivity contribution in [3.8, 4) is 5.75 Å². The summed E-state index contributed by atoms with van der Waals surface area (Å²) in [5, 5.41) is 2.86. The van der Waals surface area contributed by atoms with E-state index in [1.807, 2.05) is 18.2 Å². The van der Waals surface area contributed by atoms with Gasteiger partial charge in [0.2, 0.25) is 0 Å². The van der Waals surface area contributed by atoms with Gasteiger partial charge in [-0.2, -0.15) is 0 Å². The van der Waals surface area contributed by atoms with Crippen LogP contribution in [0.25, 0.3) is 0 Å². The number of nitrogens with zero attached hydrogens (tertiary/aromatic N) is 1. The summed E-state index contributed by atoms with van der Waals surface area (Å²) in [6, 6.07) is 13.3. The number of hydrogen-bond acceptors (Lipinski definition) is 4. The molecule has 0 unspecified atom stereocenters. The van der Waals surface area contributed by atoms with Crippen LogP contribution in [-0.4, -0.2) is 35.7 Å². The van der Waals surface area contributed by atoms with E-state index in [-0.39, 0.29) is 18.3 Å². The van der Waals surface area contributed by atoms with Crippen LogP contribution in [0.3, 0.4) is 0 Å². The number of para-hydroxylation sites is 1. The minimum absolute atomic E-state index is 0.217. The number of rotatable bonds is 4. The number of ether oxygens (including phenoxy) is 1. The van der Waals surface area contributed by atoms with Crippen molar-refractivity contribution in [3.63, 3.8) is 0 Å². The second-order valence-electron chi connectivity index (χ2n) is 6.17. The number of thioether (sulfide) groups is 1. The molecule has 1 spiro atoms. The number of halogens is 1. The third-order valence-electron chi connectivity index (χ3n) is 4.67. The Hall–Kier alpha value is -2.54. The van der Waals surface area contributed by atoms with Crippen molar-refractivity contribution in [1.82, 2.24) is 10.2 Å². The van der Waals surface area contributed by atoms with Gasteiger partial charge in [-0.1, -0.05) is 30.3 Å². The molecular weight excluding hydrogens is 355 g/mol. The smallest absolute Gasteiger partial charge is 0.325 e. The first-order chi connectivity index (χ1) is 12.6. The van der Waals surface area contributed by atoms with Crippen LogP contribution in [0.4, 0.5) is 9.18 Å². The van der Waals surface area contributed by atoms with Gasteiger partial charge in [-0.3, -0.25) is 9.69 Å². The Labute approximate surface area is 154 Å². The Morgan fingerprint density at radius 1 is 1.15 bits per heavy atom. The van der Waals surface area contributed by atoms with Gasteiger partial charge in [0.05, 0.1) is 6.61 Å². The highest BCUT2D eigenvalue weighted by Gasteiger charge is 2.54. The fourth-order valence-electron chi connectivity index (χ4n) is 3.38. The summed E-state index contributed by atoms with van der Waals surface area (Å²) < 4.78 is 19.3. The summed E-state index contributed by atoms with van der Waals surface area (Å²) >= 11 is 1.29. The van der Waals surface area contributed by atoms with Gasteiger partial charge >= 0.3 is 6.03 Å². The molecule has 2 aliphatic heterocycles. The Kier molecular flexibility index (Phi) is 4.32. The first kappa shape index (κ1) is 16.9. The fraction of sp³-hybridized carbons (Fsp3) is 0.263. The average molecular weight is 372 g/mol. The monoisotopic (exact) mass is 372 g/mol. The van der Waals surface area contributed by atoms with Gasteiger partial charge in [-0.25, -0.2) is 9.18 Å². The molecule has 26 heavy (non-hydrogen) atoms. The summed E-state index contributed by atoms with van der Waals surface area (Å²) in [4.78, 5) is 27.2. The van der Waals surface area contributed by atoms with E-state index in [2.05, 4.69) is 5.32 Å². The predicted octanol–water partition coefficient (Wildman–Crippen LogP) is 3.15. The summed E-state index contributed by atoms with van der Waals surface area (Å²) in [6.45, 7) is 0.579. The van der Waals surface area contributed by atoms with E-state index in [0.717, 1.165) is 0 Å². The second-order valence-corrected chi connectivity index (χ2v) is 7.30. The molecule has 4 rings (SSSR count). The van der Waals surface area contributed by atoms with E-state index in [1.165, 1.54) is 22.7 Å². The second kappa shape index (κ2) is 6.64. The molecule has 2 aromatic carbocycles. The first-order valence-corrected chi connectivity index (χ1v) is 9.34. The van der Waals surface area contributed by atoms with Gasteiger partial charge in [0.25, 0.3) is 5.91 Å². The minimum Gasteiger partial charge on any atom is -0.493 e. The number of imide groups is 1. The normalized spacial score (nSPS) is 21.5. The lowest BCUT2D eigenvalue weighted by atomic mass is 9.84. The number of nitrogens with one attached hydrogen (secondary N) is 1. The fourth-order valence-corrected chi connectivity index (χ4v) is 4.26. The largest absolute Gasteiger partial charge is 0.493 e. The van der Waals surface area contributed by atoms with E-state index in [4.69, 9.17) is 4.74 Å². The molecule has 1 fully saturated rings. The third-order valence-corrected chi connectivity index (χ3v) is 5.70. The highest BCUT2D eigenvalue weighted by atomic mass is 32.2. The molecule has 2 heterocycles. The van der Waals surface area contributed by atoms with Crippen molar-refractivity contribution < 1.29 is 18.7 Å². The van der Waals surface area contributed by atoms with Crippen molar-refractivity contribution in [3.05, 3.63) is 59.9 Å². The number of benzene rings is 2. The molecule has 7 heteroatoms. The summed E-state index contributed by atoms with van der Waals surface area (Å²) in [6.07, 6.45) is 0.394. The quantitative estimate of drug-likeness (QED) is 0.662. The zero-order chi connectivity index (χ0) is 18.1. The molecule has 2 aromatic rings.